The average Bonchev–Trinajstić information content (AvgIpc) is 2.41. The number of nitrogens with two attached hydrogens (primary N) is 1. The number of rotatable bonds is 3. The Bertz CT molecular complexity index is 704. The van der Waals surface area contributed by atoms with Crippen LogP contribution >= 0.6 is 31.9 Å². The molecule has 0 atom stereocenters. The Balaban J connectivity index is 2.19. The number of urea groups is 1. The number of halogens is 2. The molecular formula is C14H11Br2N3O2. The summed E-state index contributed by atoms with van der Waals surface area (Å²) in [5, 5.41) is 5.21. The molecule has 2 aromatic rings. The van der Waals surface area contributed by atoms with E-state index in [1.54, 1.807) is 36.4 Å². The zero-order valence-corrected chi connectivity index (χ0v) is 13.9. The number of hydrogen-bond donors (Lipinski definition) is 3. The van der Waals surface area contributed by atoms with Crippen molar-refractivity contribution < 1.29 is 9.59 Å². The molecule has 2 aromatic carbocycles. The van der Waals surface area contributed by atoms with Gasteiger partial charge in [0.1, 0.15) is 0 Å². The zero-order valence-electron chi connectivity index (χ0n) is 10.7. The van der Waals surface area contributed by atoms with Gasteiger partial charge >= 0.3 is 6.03 Å². The molecule has 0 saturated heterocycles. The number of hydrogen-bond acceptors (Lipinski definition) is 2. The first-order chi connectivity index (χ1) is 9.95. The molecule has 0 bridgehead atoms. The smallest absolute Gasteiger partial charge is 0.316 e. The van der Waals surface area contributed by atoms with Crippen LogP contribution in [0, 0.1) is 0 Å². The minimum Gasteiger partial charge on any atom is -0.351 e. The van der Waals surface area contributed by atoms with E-state index in [4.69, 9.17) is 5.73 Å². The summed E-state index contributed by atoms with van der Waals surface area (Å²) in [6.45, 7) is 0. The highest BCUT2D eigenvalue weighted by Crippen LogP contribution is 2.23. The van der Waals surface area contributed by atoms with Gasteiger partial charge in [-0.15, -0.1) is 0 Å². The lowest BCUT2D eigenvalue weighted by molar-refractivity contribution is 0.102. The molecular weight excluding hydrogens is 402 g/mol. The van der Waals surface area contributed by atoms with Crippen LogP contribution in [0.1, 0.15) is 10.4 Å². The van der Waals surface area contributed by atoms with Gasteiger partial charge in [-0.05, 0) is 52.3 Å². The standard InChI is InChI=1S/C14H11Br2N3O2/c15-8-4-5-12(16)11(6-8)13(20)18-9-2-1-3-10(7-9)19-14(17)21/h1-7H,(H,18,20)(H3,17,19,21). The highest BCUT2D eigenvalue weighted by Gasteiger charge is 2.11. The van der Waals surface area contributed by atoms with Crippen molar-refractivity contribution in [2.24, 2.45) is 5.73 Å². The first-order valence-corrected chi connectivity index (χ1v) is 7.47. The van der Waals surface area contributed by atoms with Crippen molar-refractivity contribution in [2.75, 3.05) is 10.6 Å². The van der Waals surface area contributed by atoms with Crippen molar-refractivity contribution in [3.8, 4) is 0 Å². The van der Waals surface area contributed by atoms with Crippen LogP contribution < -0.4 is 16.4 Å². The van der Waals surface area contributed by atoms with Crippen LogP contribution in [0.3, 0.4) is 0 Å². The van der Waals surface area contributed by atoms with Gasteiger partial charge in [0.2, 0.25) is 0 Å². The molecule has 0 fully saturated rings. The average molecular weight is 413 g/mol. The first kappa shape index (κ1) is 15.5. The Morgan fingerprint density at radius 1 is 0.952 bits per heavy atom. The predicted octanol–water partition coefficient (Wildman–Crippen LogP) is 3.95. The van der Waals surface area contributed by atoms with E-state index >= 15 is 0 Å². The molecule has 0 heterocycles. The highest BCUT2D eigenvalue weighted by molar-refractivity contribution is 9.11. The molecule has 0 aliphatic rings. The van der Waals surface area contributed by atoms with E-state index in [2.05, 4.69) is 42.5 Å². The molecule has 0 aliphatic carbocycles. The lowest BCUT2D eigenvalue weighted by Crippen LogP contribution is -2.19. The van der Waals surface area contributed by atoms with E-state index in [0.29, 0.717) is 21.4 Å². The Hall–Kier alpha value is -1.86. The maximum atomic E-state index is 12.2. The third kappa shape index (κ3) is 4.30. The summed E-state index contributed by atoms with van der Waals surface area (Å²) < 4.78 is 1.50. The van der Waals surface area contributed by atoms with E-state index in [9.17, 15) is 9.59 Å². The molecule has 7 heteroatoms. The van der Waals surface area contributed by atoms with Gasteiger partial charge in [0.15, 0.2) is 0 Å². The van der Waals surface area contributed by atoms with E-state index in [-0.39, 0.29) is 5.91 Å². The predicted molar refractivity (Wildman–Crippen MR) is 89.4 cm³/mol. The molecule has 0 radical (unpaired) electrons. The summed E-state index contributed by atoms with van der Waals surface area (Å²) in [6, 6.07) is 11.4. The van der Waals surface area contributed by atoms with Crippen LogP contribution in [0.5, 0.6) is 0 Å². The van der Waals surface area contributed by atoms with Crippen LogP contribution in [0.15, 0.2) is 51.4 Å². The summed E-state index contributed by atoms with van der Waals surface area (Å²) in [5.74, 6) is -0.264. The van der Waals surface area contributed by atoms with Gasteiger partial charge in [-0.3, -0.25) is 4.79 Å². The SMILES string of the molecule is NC(=O)Nc1cccc(NC(=O)c2cc(Br)ccc2Br)c1. The minimum absolute atomic E-state index is 0.264. The van der Waals surface area contributed by atoms with Gasteiger partial charge in [0.25, 0.3) is 5.91 Å². The molecule has 0 unspecified atom stereocenters. The molecule has 0 spiro atoms. The minimum atomic E-state index is -0.659. The molecule has 2 rings (SSSR count). The summed E-state index contributed by atoms with van der Waals surface area (Å²) in [5.41, 5.74) is 6.61. The van der Waals surface area contributed by atoms with Gasteiger partial charge in [0, 0.05) is 20.3 Å². The Morgan fingerprint density at radius 2 is 1.62 bits per heavy atom. The number of amides is 3. The number of carbonyl (C=O) groups is 2. The summed E-state index contributed by atoms with van der Waals surface area (Å²) in [7, 11) is 0. The number of anilines is 2. The van der Waals surface area contributed by atoms with Crippen LogP contribution in [0.4, 0.5) is 16.2 Å². The van der Waals surface area contributed by atoms with Crippen LogP contribution in [-0.4, -0.2) is 11.9 Å². The summed E-state index contributed by atoms with van der Waals surface area (Å²) >= 11 is 6.66. The van der Waals surface area contributed by atoms with Crippen molar-refractivity contribution in [1.29, 1.82) is 0 Å². The van der Waals surface area contributed by atoms with Crippen LogP contribution in [0.25, 0.3) is 0 Å². The van der Waals surface area contributed by atoms with Crippen molar-refractivity contribution in [1.82, 2.24) is 0 Å². The Morgan fingerprint density at radius 3 is 2.29 bits per heavy atom. The second-order valence-electron chi connectivity index (χ2n) is 4.15. The molecule has 3 amide bonds. The lowest BCUT2D eigenvalue weighted by Gasteiger charge is -2.09. The van der Waals surface area contributed by atoms with Gasteiger partial charge in [-0.1, -0.05) is 22.0 Å². The Labute approximate surface area is 138 Å². The molecule has 4 N–H and O–H groups in total. The van der Waals surface area contributed by atoms with Gasteiger partial charge in [-0.2, -0.15) is 0 Å². The number of carbonyl (C=O) groups excluding carboxylic acids is 2. The fraction of sp³-hybridized carbons (Fsp3) is 0. The maximum Gasteiger partial charge on any atom is 0.316 e. The molecule has 0 saturated carbocycles. The van der Waals surface area contributed by atoms with Crippen molar-refractivity contribution in [3.05, 3.63) is 57.0 Å². The fourth-order valence-electron chi connectivity index (χ4n) is 1.69. The van der Waals surface area contributed by atoms with Gasteiger partial charge in [0.05, 0.1) is 5.56 Å². The highest BCUT2D eigenvalue weighted by atomic mass is 79.9. The number of benzene rings is 2. The quantitative estimate of drug-likeness (QED) is 0.712. The third-order valence-electron chi connectivity index (χ3n) is 2.56. The monoisotopic (exact) mass is 411 g/mol. The molecule has 108 valence electrons. The largest absolute Gasteiger partial charge is 0.351 e. The van der Waals surface area contributed by atoms with Gasteiger partial charge in [-0.25, -0.2) is 4.79 Å². The van der Waals surface area contributed by atoms with Crippen LogP contribution in [0.2, 0.25) is 0 Å². The number of nitrogens with one attached hydrogen (secondary N) is 2. The van der Waals surface area contributed by atoms with Crippen molar-refractivity contribution in [2.45, 2.75) is 0 Å². The second-order valence-corrected chi connectivity index (χ2v) is 5.92. The second kappa shape index (κ2) is 6.73. The van der Waals surface area contributed by atoms with Gasteiger partial charge < -0.3 is 16.4 Å². The van der Waals surface area contributed by atoms with Crippen LogP contribution in [-0.2, 0) is 0 Å². The topological polar surface area (TPSA) is 84.2 Å². The maximum absolute atomic E-state index is 12.2. The Kier molecular flexibility index (Phi) is 4.98. The lowest BCUT2D eigenvalue weighted by atomic mass is 10.2. The number of primary amides is 1. The van der Waals surface area contributed by atoms with E-state index < -0.39 is 6.03 Å². The summed E-state index contributed by atoms with van der Waals surface area (Å²) in [4.78, 5) is 23.1. The van der Waals surface area contributed by atoms with Crippen molar-refractivity contribution >= 4 is 55.2 Å². The summed E-state index contributed by atoms with van der Waals surface area (Å²) in [6.07, 6.45) is 0. The molecule has 0 aliphatic heterocycles. The van der Waals surface area contributed by atoms with E-state index in [1.807, 2.05) is 6.07 Å². The molecule has 0 aromatic heterocycles. The molecule has 5 nitrogen and oxygen atoms in total. The van der Waals surface area contributed by atoms with E-state index in [1.165, 1.54) is 0 Å². The normalized spacial score (nSPS) is 10.0. The van der Waals surface area contributed by atoms with E-state index in [0.717, 1.165) is 4.47 Å². The molecule has 21 heavy (non-hydrogen) atoms. The fourth-order valence-corrected chi connectivity index (χ4v) is 2.47. The van der Waals surface area contributed by atoms with Crippen molar-refractivity contribution in [3.63, 3.8) is 0 Å². The third-order valence-corrected chi connectivity index (χ3v) is 3.75. The first-order valence-electron chi connectivity index (χ1n) is 5.88. The zero-order chi connectivity index (χ0) is 15.4.